The van der Waals surface area contributed by atoms with E-state index in [1.807, 2.05) is 6.20 Å². The molecule has 1 aromatic heterocycles. The fourth-order valence-corrected chi connectivity index (χ4v) is 3.40. The van der Waals surface area contributed by atoms with E-state index in [1.54, 1.807) is 6.20 Å². The van der Waals surface area contributed by atoms with Crippen LogP contribution in [0.25, 0.3) is 0 Å². The predicted octanol–water partition coefficient (Wildman–Crippen LogP) is 2.20. The second kappa shape index (κ2) is 8.62. The van der Waals surface area contributed by atoms with Crippen molar-refractivity contribution in [1.82, 2.24) is 14.9 Å². The zero-order valence-electron chi connectivity index (χ0n) is 15.0. The molecular formula is C18H30N4O2. The molecule has 2 aliphatic heterocycles. The Kier molecular flexibility index (Phi) is 6.26. The molecule has 1 aromatic rings. The maximum atomic E-state index is 5.71. The lowest BCUT2D eigenvalue weighted by atomic mass is 10.0. The van der Waals surface area contributed by atoms with Gasteiger partial charge in [0, 0.05) is 38.8 Å². The van der Waals surface area contributed by atoms with Crippen molar-refractivity contribution in [2.75, 3.05) is 50.9 Å². The van der Waals surface area contributed by atoms with Crippen LogP contribution in [0, 0.1) is 5.92 Å². The molecule has 0 N–H and O–H groups in total. The molecule has 0 spiro atoms. The number of hydrogen-bond donors (Lipinski definition) is 0. The molecule has 3 rings (SSSR count). The number of hydrogen-bond acceptors (Lipinski definition) is 6. The molecule has 0 amide bonds. The van der Waals surface area contributed by atoms with Gasteiger partial charge in [-0.25, -0.2) is 0 Å². The first kappa shape index (κ1) is 17.4. The molecule has 0 aromatic carbocycles. The number of rotatable bonds is 5. The Morgan fingerprint density at radius 2 is 2.00 bits per heavy atom. The first-order chi connectivity index (χ1) is 11.7. The van der Waals surface area contributed by atoms with Crippen molar-refractivity contribution >= 4 is 5.82 Å². The molecule has 2 aliphatic rings. The molecule has 0 atom stereocenters. The van der Waals surface area contributed by atoms with Crippen molar-refractivity contribution in [3.63, 3.8) is 0 Å². The lowest BCUT2D eigenvalue weighted by Gasteiger charge is -2.38. The molecule has 0 aliphatic carbocycles. The standard InChI is InChI=1S/C18H30N4O2/c1-15(2)14-24-18-13-19-12-17(20-18)22-7-4-16(5-8-22)21-6-3-10-23-11-9-21/h12-13,15-16H,3-11,14H2,1-2H3. The summed E-state index contributed by atoms with van der Waals surface area (Å²) in [5, 5.41) is 0. The Morgan fingerprint density at radius 3 is 2.79 bits per heavy atom. The van der Waals surface area contributed by atoms with Crippen LogP contribution in [0.2, 0.25) is 0 Å². The normalized spacial score (nSPS) is 21.0. The van der Waals surface area contributed by atoms with E-state index in [2.05, 4.69) is 33.6 Å². The summed E-state index contributed by atoms with van der Waals surface area (Å²) in [5.41, 5.74) is 0. The van der Waals surface area contributed by atoms with Crippen LogP contribution in [-0.2, 0) is 4.74 Å². The zero-order valence-corrected chi connectivity index (χ0v) is 15.0. The third kappa shape index (κ3) is 4.80. The van der Waals surface area contributed by atoms with Gasteiger partial charge in [-0.2, -0.15) is 4.98 Å². The predicted molar refractivity (Wildman–Crippen MR) is 94.6 cm³/mol. The van der Waals surface area contributed by atoms with Crippen LogP contribution in [0.4, 0.5) is 5.82 Å². The van der Waals surface area contributed by atoms with E-state index >= 15 is 0 Å². The molecule has 6 nitrogen and oxygen atoms in total. The molecule has 0 unspecified atom stereocenters. The van der Waals surface area contributed by atoms with Crippen molar-refractivity contribution in [3.05, 3.63) is 12.4 Å². The Hall–Kier alpha value is -1.40. The van der Waals surface area contributed by atoms with Gasteiger partial charge >= 0.3 is 0 Å². The Labute approximate surface area is 145 Å². The first-order valence-corrected chi connectivity index (χ1v) is 9.24. The van der Waals surface area contributed by atoms with E-state index in [1.165, 1.54) is 19.4 Å². The van der Waals surface area contributed by atoms with Crippen LogP contribution < -0.4 is 9.64 Å². The van der Waals surface area contributed by atoms with Crippen molar-refractivity contribution < 1.29 is 9.47 Å². The second-order valence-electron chi connectivity index (χ2n) is 7.14. The van der Waals surface area contributed by atoms with E-state index in [-0.39, 0.29) is 0 Å². The largest absolute Gasteiger partial charge is 0.476 e. The van der Waals surface area contributed by atoms with Crippen LogP contribution in [-0.4, -0.2) is 66.9 Å². The van der Waals surface area contributed by atoms with Gasteiger partial charge in [-0.05, 0) is 25.2 Å². The summed E-state index contributed by atoms with van der Waals surface area (Å²) in [6, 6.07) is 0.677. The first-order valence-electron chi connectivity index (χ1n) is 9.24. The van der Waals surface area contributed by atoms with Crippen molar-refractivity contribution in [2.45, 2.75) is 39.2 Å². The summed E-state index contributed by atoms with van der Waals surface area (Å²) in [7, 11) is 0. The number of anilines is 1. The Bertz CT molecular complexity index is 496. The molecule has 6 heteroatoms. The molecule has 2 fully saturated rings. The van der Waals surface area contributed by atoms with Gasteiger partial charge in [0.15, 0.2) is 5.82 Å². The molecule has 2 saturated heterocycles. The topological polar surface area (TPSA) is 50.7 Å². The third-order valence-corrected chi connectivity index (χ3v) is 4.73. The second-order valence-corrected chi connectivity index (χ2v) is 7.14. The summed E-state index contributed by atoms with van der Waals surface area (Å²) in [6.07, 6.45) is 7.07. The van der Waals surface area contributed by atoms with Gasteiger partial charge < -0.3 is 14.4 Å². The van der Waals surface area contributed by atoms with Crippen molar-refractivity contribution in [2.24, 2.45) is 5.92 Å². The highest BCUT2D eigenvalue weighted by Crippen LogP contribution is 2.23. The van der Waals surface area contributed by atoms with Gasteiger partial charge in [0.05, 0.1) is 25.6 Å². The summed E-state index contributed by atoms with van der Waals surface area (Å²) in [5.74, 6) is 2.06. The lowest BCUT2D eigenvalue weighted by molar-refractivity contribution is 0.125. The van der Waals surface area contributed by atoms with Crippen molar-refractivity contribution in [3.8, 4) is 5.88 Å². The number of ether oxygens (including phenoxy) is 2. The summed E-state index contributed by atoms with van der Waals surface area (Å²) in [4.78, 5) is 13.9. The average molecular weight is 334 g/mol. The van der Waals surface area contributed by atoms with Crippen LogP contribution >= 0.6 is 0 Å². The molecule has 0 bridgehead atoms. The summed E-state index contributed by atoms with van der Waals surface area (Å²) < 4.78 is 11.3. The van der Waals surface area contributed by atoms with E-state index in [0.29, 0.717) is 24.4 Å². The van der Waals surface area contributed by atoms with Gasteiger partial charge in [-0.3, -0.25) is 9.88 Å². The van der Waals surface area contributed by atoms with Crippen LogP contribution in [0.3, 0.4) is 0 Å². The lowest BCUT2D eigenvalue weighted by Crippen LogP contribution is -2.46. The zero-order chi connectivity index (χ0) is 16.8. The molecule has 0 radical (unpaired) electrons. The molecule has 134 valence electrons. The van der Waals surface area contributed by atoms with Crippen LogP contribution in [0.15, 0.2) is 12.4 Å². The van der Waals surface area contributed by atoms with Gasteiger partial charge in [-0.15, -0.1) is 0 Å². The highest BCUT2D eigenvalue weighted by atomic mass is 16.5. The van der Waals surface area contributed by atoms with Gasteiger partial charge in [0.1, 0.15) is 0 Å². The highest BCUT2D eigenvalue weighted by Gasteiger charge is 2.26. The van der Waals surface area contributed by atoms with Crippen LogP contribution in [0.1, 0.15) is 33.1 Å². The number of nitrogens with zero attached hydrogens (tertiary/aromatic N) is 4. The SMILES string of the molecule is CC(C)COc1cncc(N2CCC(N3CCCOCC3)CC2)n1. The summed E-state index contributed by atoms with van der Waals surface area (Å²) in [6.45, 7) is 11.0. The minimum atomic E-state index is 0.490. The van der Waals surface area contributed by atoms with Gasteiger partial charge in [-0.1, -0.05) is 13.8 Å². The minimum absolute atomic E-state index is 0.490. The highest BCUT2D eigenvalue weighted by molar-refractivity contribution is 5.38. The minimum Gasteiger partial charge on any atom is -0.476 e. The van der Waals surface area contributed by atoms with Crippen LogP contribution in [0.5, 0.6) is 5.88 Å². The third-order valence-electron chi connectivity index (χ3n) is 4.73. The molecule has 0 saturated carbocycles. The average Bonchev–Trinajstić information content (AvgIpc) is 2.90. The smallest absolute Gasteiger partial charge is 0.234 e. The van der Waals surface area contributed by atoms with E-state index in [9.17, 15) is 0 Å². The number of piperidine rings is 1. The van der Waals surface area contributed by atoms with E-state index < -0.39 is 0 Å². The van der Waals surface area contributed by atoms with E-state index in [0.717, 1.165) is 45.1 Å². The Balaban J connectivity index is 1.53. The quantitative estimate of drug-likeness (QED) is 0.823. The van der Waals surface area contributed by atoms with E-state index in [4.69, 9.17) is 9.47 Å². The monoisotopic (exact) mass is 334 g/mol. The molecular weight excluding hydrogens is 304 g/mol. The molecule has 3 heterocycles. The van der Waals surface area contributed by atoms with Gasteiger partial charge in [0.2, 0.25) is 5.88 Å². The van der Waals surface area contributed by atoms with Crippen molar-refractivity contribution in [1.29, 1.82) is 0 Å². The Morgan fingerprint density at radius 1 is 1.17 bits per heavy atom. The fraction of sp³-hybridized carbons (Fsp3) is 0.778. The maximum absolute atomic E-state index is 5.71. The fourth-order valence-electron chi connectivity index (χ4n) is 3.40. The van der Waals surface area contributed by atoms with Gasteiger partial charge in [0.25, 0.3) is 0 Å². The molecule has 24 heavy (non-hydrogen) atoms. The summed E-state index contributed by atoms with van der Waals surface area (Å²) >= 11 is 0. The maximum Gasteiger partial charge on any atom is 0.234 e. The number of aromatic nitrogens is 2.